The molecule has 1 saturated heterocycles. The monoisotopic (exact) mass is 246 g/mol. The van der Waals surface area contributed by atoms with E-state index in [1.165, 1.54) is 43.6 Å². The fourth-order valence-electron chi connectivity index (χ4n) is 3.02. The summed E-state index contributed by atoms with van der Waals surface area (Å²) >= 11 is 0. The Labute approximate surface area is 111 Å². The number of anilines is 1. The predicted octanol–water partition coefficient (Wildman–Crippen LogP) is 3.41. The zero-order valence-corrected chi connectivity index (χ0v) is 11.7. The van der Waals surface area contributed by atoms with E-state index in [4.69, 9.17) is 5.73 Å². The molecule has 1 aromatic rings. The van der Waals surface area contributed by atoms with Crippen molar-refractivity contribution in [1.29, 1.82) is 0 Å². The van der Waals surface area contributed by atoms with Gasteiger partial charge in [-0.1, -0.05) is 32.0 Å². The van der Waals surface area contributed by atoms with Crippen LogP contribution in [0.25, 0.3) is 0 Å². The van der Waals surface area contributed by atoms with Gasteiger partial charge in [0.05, 0.1) is 0 Å². The van der Waals surface area contributed by atoms with Crippen LogP contribution in [0.2, 0.25) is 0 Å². The molecule has 0 saturated carbocycles. The number of nitrogens with two attached hydrogens (primary N) is 1. The van der Waals surface area contributed by atoms with Gasteiger partial charge in [0.2, 0.25) is 0 Å². The molecule has 1 aliphatic heterocycles. The topological polar surface area (TPSA) is 29.3 Å². The maximum absolute atomic E-state index is 5.85. The van der Waals surface area contributed by atoms with Crippen LogP contribution in [0.4, 0.5) is 5.69 Å². The quantitative estimate of drug-likeness (QED) is 0.885. The van der Waals surface area contributed by atoms with Gasteiger partial charge in [0.25, 0.3) is 0 Å². The minimum atomic E-state index is 0.639. The zero-order valence-electron chi connectivity index (χ0n) is 11.7. The standard InChI is InChI=1S/C16H26N2/c1-13(2)14-7-5-10-18(11-9-14)16-8-4-3-6-15(16)12-17/h3-4,6,8,13-14H,5,7,9-12,17H2,1-2H3. The fraction of sp³-hybridized carbons (Fsp3) is 0.625. The fourth-order valence-corrected chi connectivity index (χ4v) is 3.02. The van der Waals surface area contributed by atoms with Crippen molar-refractivity contribution in [2.24, 2.45) is 17.6 Å². The van der Waals surface area contributed by atoms with Crippen LogP contribution in [0.1, 0.15) is 38.7 Å². The lowest BCUT2D eigenvalue weighted by atomic mass is 9.89. The van der Waals surface area contributed by atoms with E-state index in [-0.39, 0.29) is 0 Å². The molecule has 1 atom stereocenters. The third-order valence-electron chi connectivity index (χ3n) is 4.27. The van der Waals surface area contributed by atoms with Crippen LogP contribution in [0.3, 0.4) is 0 Å². The average molecular weight is 246 g/mol. The summed E-state index contributed by atoms with van der Waals surface area (Å²) in [6, 6.07) is 8.58. The summed E-state index contributed by atoms with van der Waals surface area (Å²) in [4.78, 5) is 2.53. The van der Waals surface area contributed by atoms with Gasteiger partial charge in [0, 0.05) is 25.3 Å². The Hall–Kier alpha value is -1.02. The number of rotatable bonds is 3. The minimum Gasteiger partial charge on any atom is -0.371 e. The van der Waals surface area contributed by atoms with Gasteiger partial charge in [-0.3, -0.25) is 0 Å². The first-order valence-electron chi connectivity index (χ1n) is 7.25. The van der Waals surface area contributed by atoms with Gasteiger partial charge in [-0.05, 0) is 42.7 Å². The van der Waals surface area contributed by atoms with Crippen molar-refractivity contribution >= 4 is 5.69 Å². The first-order valence-corrected chi connectivity index (χ1v) is 7.25. The minimum absolute atomic E-state index is 0.639. The SMILES string of the molecule is CC(C)C1CCCN(c2ccccc2CN)CC1. The highest BCUT2D eigenvalue weighted by Gasteiger charge is 2.20. The van der Waals surface area contributed by atoms with E-state index in [0.29, 0.717) is 6.54 Å². The summed E-state index contributed by atoms with van der Waals surface area (Å²) in [6.45, 7) is 7.71. The highest BCUT2D eigenvalue weighted by atomic mass is 15.1. The number of nitrogens with zero attached hydrogens (tertiary/aromatic N) is 1. The Morgan fingerprint density at radius 1 is 1.22 bits per heavy atom. The van der Waals surface area contributed by atoms with Crippen molar-refractivity contribution in [2.75, 3.05) is 18.0 Å². The summed E-state index contributed by atoms with van der Waals surface area (Å²) < 4.78 is 0. The Bertz CT molecular complexity index is 373. The molecule has 1 aromatic carbocycles. The molecule has 0 bridgehead atoms. The smallest absolute Gasteiger partial charge is 0.0411 e. The van der Waals surface area contributed by atoms with Gasteiger partial charge < -0.3 is 10.6 Å². The highest BCUT2D eigenvalue weighted by molar-refractivity contribution is 5.53. The Morgan fingerprint density at radius 3 is 2.72 bits per heavy atom. The van der Waals surface area contributed by atoms with Gasteiger partial charge in [-0.25, -0.2) is 0 Å². The molecule has 2 N–H and O–H groups in total. The van der Waals surface area contributed by atoms with E-state index in [9.17, 15) is 0 Å². The predicted molar refractivity (Wildman–Crippen MR) is 78.7 cm³/mol. The van der Waals surface area contributed by atoms with E-state index >= 15 is 0 Å². The summed E-state index contributed by atoms with van der Waals surface area (Å²) in [6.07, 6.45) is 4.00. The third-order valence-corrected chi connectivity index (χ3v) is 4.27. The van der Waals surface area contributed by atoms with Gasteiger partial charge >= 0.3 is 0 Å². The van der Waals surface area contributed by atoms with Crippen LogP contribution in [0.15, 0.2) is 24.3 Å². The van der Waals surface area contributed by atoms with Crippen molar-refractivity contribution in [3.8, 4) is 0 Å². The second-order valence-electron chi connectivity index (χ2n) is 5.75. The maximum Gasteiger partial charge on any atom is 0.0411 e. The van der Waals surface area contributed by atoms with Crippen LogP contribution >= 0.6 is 0 Å². The van der Waals surface area contributed by atoms with E-state index in [2.05, 4.69) is 43.0 Å². The molecule has 18 heavy (non-hydrogen) atoms. The molecular formula is C16H26N2. The normalized spacial score (nSPS) is 21.1. The Balaban J connectivity index is 2.10. The summed E-state index contributed by atoms with van der Waals surface area (Å²) in [5.41, 5.74) is 8.47. The van der Waals surface area contributed by atoms with Crippen molar-refractivity contribution in [3.63, 3.8) is 0 Å². The molecule has 2 nitrogen and oxygen atoms in total. The number of hydrogen-bond acceptors (Lipinski definition) is 2. The highest BCUT2D eigenvalue weighted by Crippen LogP contribution is 2.28. The lowest BCUT2D eigenvalue weighted by molar-refractivity contribution is 0.351. The molecule has 1 aliphatic rings. The summed E-state index contributed by atoms with van der Waals surface area (Å²) in [5.74, 6) is 1.70. The van der Waals surface area contributed by atoms with Crippen molar-refractivity contribution in [1.82, 2.24) is 0 Å². The molecule has 0 radical (unpaired) electrons. The molecule has 0 spiro atoms. The first kappa shape index (κ1) is 13.4. The lowest BCUT2D eigenvalue weighted by Crippen LogP contribution is -2.26. The van der Waals surface area contributed by atoms with Gasteiger partial charge in [0.1, 0.15) is 0 Å². The van der Waals surface area contributed by atoms with Crippen molar-refractivity contribution in [3.05, 3.63) is 29.8 Å². The Morgan fingerprint density at radius 2 is 2.00 bits per heavy atom. The van der Waals surface area contributed by atoms with Crippen molar-refractivity contribution in [2.45, 2.75) is 39.7 Å². The molecule has 2 heteroatoms. The van der Waals surface area contributed by atoms with Crippen LogP contribution in [-0.4, -0.2) is 13.1 Å². The molecule has 100 valence electrons. The van der Waals surface area contributed by atoms with Crippen LogP contribution in [0, 0.1) is 11.8 Å². The van der Waals surface area contributed by atoms with Gasteiger partial charge in [-0.15, -0.1) is 0 Å². The van der Waals surface area contributed by atoms with E-state index in [1.807, 2.05) is 0 Å². The molecule has 1 heterocycles. The first-order chi connectivity index (χ1) is 8.72. The summed E-state index contributed by atoms with van der Waals surface area (Å²) in [7, 11) is 0. The van der Waals surface area contributed by atoms with E-state index < -0.39 is 0 Å². The molecule has 0 aromatic heterocycles. The zero-order chi connectivity index (χ0) is 13.0. The second kappa shape index (κ2) is 6.24. The number of para-hydroxylation sites is 1. The molecule has 0 aliphatic carbocycles. The van der Waals surface area contributed by atoms with E-state index in [1.54, 1.807) is 0 Å². The molecule has 2 rings (SSSR count). The van der Waals surface area contributed by atoms with E-state index in [0.717, 1.165) is 11.8 Å². The second-order valence-corrected chi connectivity index (χ2v) is 5.75. The molecule has 0 amide bonds. The molecule has 1 fully saturated rings. The summed E-state index contributed by atoms with van der Waals surface area (Å²) in [5, 5.41) is 0. The number of benzene rings is 1. The molecule has 1 unspecified atom stereocenters. The van der Waals surface area contributed by atoms with Gasteiger partial charge in [-0.2, -0.15) is 0 Å². The van der Waals surface area contributed by atoms with Crippen LogP contribution < -0.4 is 10.6 Å². The Kier molecular flexibility index (Phi) is 4.65. The third kappa shape index (κ3) is 3.05. The van der Waals surface area contributed by atoms with Crippen LogP contribution in [-0.2, 0) is 6.54 Å². The average Bonchev–Trinajstić information content (AvgIpc) is 2.64. The maximum atomic E-state index is 5.85. The number of hydrogen-bond donors (Lipinski definition) is 1. The van der Waals surface area contributed by atoms with Crippen LogP contribution in [0.5, 0.6) is 0 Å². The lowest BCUT2D eigenvalue weighted by Gasteiger charge is -2.25. The van der Waals surface area contributed by atoms with Crippen molar-refractivity contribution < 1.29 is 0 Å². The largest absolute Gasteiger partial charge is 0.371 e. The molecular weight excluding hydrogens is 220 g/mol. The van der Waals surface area contributed by atoms with Gasteiger partial charge in [0.15, 0.2) is 0 Å².